The van der Waals surface area contributed by atoms with Crippen LogP contribution < -0.4 is 80.9 Å². The number of alkyl halides is 1. The number of thioether (sulfide) groups is 2. The first kappa shape index (κ1) is 83.4. The van der Waals surface area contributed by atoms with E-state index in [0.717, 1.165) is 90.9 Å². The Labute approximate surface area is 638 Å². The molecule has 4 heterocycles. The standard InChI is InChI=1S/C23H23NO5S.C19H17NO4S.C14H15NO3S.C9H9BrO2.C4H8O2.K.Na.H2O.H/c1-15(25)30-12-11-19-18-9-4-5-10-20(18)24(21(19)23(27)29-3)14-16-7-6-8-17(13-16)22(26)28-2;21-18(22)13-5-3-4-12(10-13)11-20-16-7-2-1-6-14(16)15(8-9-25)17(20)19(23)24;1-9(16)19-8-7-11-10-5-3-4-6-12(10)15-13(11)14(17)18-2;1-12-9(11)8-4-2-3-7(5-8)6-10;5-4-2-1-3-6-4;;;;/h4-10,13H,11-12,14H2,1-3H3;1-7,10,25H,8-9,11H2,(H,21,22)(H,23,24);3-6,15H,7-8H2,1-2H3;2-5H,6H2,1H3;4-5H,1-3H2;;;1H2;/q;;;;;2*+1;;-1/p-1. The molecule has 1 aliphatic heterocycles. The maximum atomic E-state index is 12.7. The van der Waals surface area contributed by atoms with Crippen LogP contribution in [0.15, 0.2) is 146 Å². The number of fused-ring (bicyclic) bond motifs is 3. The minimum atomic E-state index is -1.01. The van der Waals surface area contributed by atoms with Gasteiger partial charge in [0.15, 0.2) is 16.5 Å². The van der Waals surface area contributed by atoms with Gasteiger partial charge in [-0.1, -0.05) is 130 Å². The number of thiol groups is 1. The molecule has 1 atom stereocenters. The number of H-pyrrole nitrogens is 1. The summed E-state index contributed by atoms with van der Waals surface area (Å²) in [4.78, 5) is 96.0. The fraction of sp³-hybridized carbons (Fsp3) is 0.275. The minimum Gasteiger partial charge on any atom is -1.00 e. The molecule has 1 saturated heterocycles. The minimum absolute atomic E-state index is 0. The summed E-state index contributed by atoms with van der Waals surface area (Å²) in [6, 6.07) is 44.0. The van der Waals surface area contributed by atoms with Crippen LogP contribution in [0.3, 0.4) is 0 Å². The number of nitrogens with one attached hydrogen (secondary N) is 1. The number of carbonyl (C=O) groups is 8. The summed E-state index contributed by atoms with van der Waals surface area (Å²) in [6.45, 7) is 4.48. The van der Waals surface area contributed by atoms with E-state index in [4.69, 9.17) is 29.2 Å². The first-order valence-electron chi connectivity index (χ1n) is 28.9. The smallest absolute Gasteiger partial charge is 1.00 e. The van der Waals surface area contributed by atoms with Crippen LogP contribution in [0.5, 0.6) is 0 Å². The van der Waals surface area contributed by atoms with Gasteiger partial charge in [-0.3, -0.25) is 9.59 Å². The van der Waals surface area contributed by atoms with E-state index in [0.29, 0.717) is 65.6 Å². The number of rotatable bonds is 19. The maximum absolute atomic E-state index is 12.7. The average molecular weight is 1460 g/mol. The van der Waals surface area contributed by atoms with Crippen molar-refractivity contribution < 1.29 is 165 Å². The molecular formula is C69H74BrKN3NaO17S3. The molecule has 494 valence electrons. The molecular weight excluding hydrogens is 1380 g/mol. The van der Waals surface area contributed by atoms with E-state index in [9.17, 15) is 43.5 Å². The van der Waals surface area contributed by atoms with Gasteiger partial charge in [-0.05, 0) is 119 Å². The Kier molecular flexibility index (Phi) is 37.5. The van der Waals surface area contributed by atoms with Crippen LogP contribution >= 0.6 is 52.1 Å². The number of aromatic nitrogens is 3. The number of ether oxygens (including phenoxy) is 5. The molecule has 5 N–H and O–H groups in total. The van der Waals surface area contributed by atoms with E-state index < -0.39 is 30.2 Å². The van der Waals surface area contributed by atoms with Gasteiger partial charge in [0.25, 0.3) is 0 Å². The number of para-hydroxylation sites is 3. The number of hydrogen-bond donors (Lipinski definition) is 5. The number of esters is 4. The fourth-order valence-electron chi connectivity index (χ4n) is 10.1. The second-order valence-electron chi connectivity index (χ2n) is 20.3. The van der Waals surface area contributed by atoms with E-state index in [2.05, 4.69) is 38.3 Å². The molecule has 10 rings (SSSR count). The van der Waals surface area contributed by atoms with Gasteiger partial charge >= 0.3 is 117 Å². The van der Waals surface area contributed by atoms with Crippen LogP contribution in [-0.4, -0.2) is 140 Å². The van der Waals surface area contributed by atoms with Gasteiger partial charge in [-0.15, -0.1) is 0 Å². The fourth-order valence-corrected chi connectivity index (χ4v) is 11.9. The van der Waals surface area contributed by atoms with Gasteiger partial charge in [-0.25, -0.2) is 28.8 Å². The molecule has 0 amide bonds. The Balaban J connectivity index is 0.000000431. The van der Waals surface area contributed by atoms with Crippen LogP contribution in [0.2, 0.25) is 0 Å². The molecule has 6 aromatic carbocycles. The van der Waals surface area contributed by atoms with Crippen molar-refractivity contribution in [3.8, 4) is 0 Å². The third kappa shape index (κ3) is 24.0. The zero-order valence-corrected chi connectivity index (χ0v) is 63.3. The molecule has 9 aromatic rings. The number of carboxylic acids is 2. The predicted octanol–water partition coefficient (Wildman–Crippen LogP) is 6.85. The Morgan fingerprint density at radius 2 is 1.02 bits per heavy atom. The Morgan fingerprint density at radius 3 is 1.46 bits per heavy atom. The van der Waals surface area contributed by atoms with Gasteiger partial charge in [0.1, 0.15) is 17.1 Å². The molecule has 0 bridgehead atoms. The molecule has 1 unspecified atom stereocenters. The van der Waals surface area contributed by atoms with Crippen molar-refractivity contribution in [2.45, 2.75) is 70.7 Å². The van der Waals surface area contributed by atoms with Crippen molar-refractivity contribution in [1.82, 2.24) is 14.1 Å². The number of hydrogen-bond acceptors (Lipinski definition) is 18. The van der Waals surface area contributed by atoms with Crippen LogP contribution in [-0.2, 0) is 71.0 Å². The van der Waals surface area contributed by atoms with E-state index in [1.54, 1.807) is 60.0 Å². The summed E-state index contributed by atoms with van der Waals surface area (Å²) in [7, 11) is 5.44. The van der Waals surface area contributed by atoms with Crippen LogP contribution in [0, 0.1) is 0 Å². The quantitative estimate of drug-likeness (QED) is 0.0182. The molecule has 0 aliphatic carbocycles. The third-order valence-electron chi connectivity index (χ3n) is 14.2. The van der Waals surface area contributed by atoms with Gasteiger partial charge in [0.05, 0.1) is 45.1 Å². The van der Waals surface area contributed by atoms with Gasteiger partial charge in [0.2, 0.25) is 0 Å². The van der Waals surface area contributed by atoms with Crippen molar-refractivity contribution in [2.24, 2.45) is 0 Å². The van der Waals surface area contributed by atoms with Crippen molar-refractivity contribution in [3.05, 3.63) is 213 Å². The number of aliphatic hydroxyl groups excluding tert-OH is 1. The summed E-state index contributed by atoms with van der Waals surface area (Å²) >= 11 is 10.1. The van der Waals surface area contributed by atoms with E-state index in [1.165, 1.54) is 65.0 Å². The summed E-state index contributed by atoms with van der Waals surface area (Å²) in [5.41, 5.74) is 10.2. The number of aromatic carboxylic acids is 2. The number of aliphatic hydroxyl groups is 1. The van der Waals surface area contributed by atoms with Gasteiger partial charge in [0, 0.05) is 89.5 Å². The molecule has 95 heavy (non-hydrogen) atoms. The third-order valence-corrected chi connectivity index (χ3v) is 16.7. The van der Waals surface area contributed by atoms with Crippen molar-refractivity contribution in [1.29, 1.82) is 0 Å². The average Bonchev–Trinajstić information content (AvgIpc) is 1.63. The number of halogens is 1. The van der Waals surface area contributed by atoms with Crippen LogP contribution in [0.1, 0.15) is 124 Å². The molecule has 20 nitrogen and oxygen atoms in total. The molecule has 1 aliphatic rings. The number of nitrogens with zero attached hydrogens (tertiary/aromatic N) is 2. The molecule has 26 heteroatoms. The van der Waals surface area contributed by atoms with Crippen molar-refractivity contribution >= 4 is 131 Å². The van der Waals surface area contributed by atoms with Gasteiger partial charge in [-0.2, -0.15) is 12.6 Å². The van der Waals surface area contributed by atoms with Crippen molar-refractivity contribution in [3.63, 3.8) is 0 Å². The molecule has 0 spiro atoms. The van der Waals surface area contributed by atoms with E-state index in [-0.39, 0.29) is 128 Å². The number of carboxylic acid groups (broad SMARTS) is 2. The second-order valence-corrected chi connectivity index (χ2v) is 23.9. The first-order valence-corrected chi connectivity index (χ1v) is 32.6. The molecule has 0 radical (unpaired) electrons. The zero-order valence-electron chi connectivity index (χ0n) is 55.1. The molecule has 0 saturated carbocycles. The largest absolute Gasteiger partial charge is 1.00 e. The second kappa shape index (κ2) is 42.7. The monoisotopic (exact) mass is 1450 g/mol. The molecule has 3 aromatic heterocycles. The van der Waals surface area contributed by atoms with E-state index in [1.807, 2.05) is 95.6 Å². The SMILES string of the molecule is COC(=O)c1[nH]c2ccccc2c1CCSC(C)=O.COC(=O)c1cccc(CBr)c1.COC(=O)c1cccc(Cn2c(C(=O)OC)c(CCSC(C)=O)c3ccccc32)c1.O=C(O)c1cccc(Cn2c(C(=O)O)c(CCS)c3ccccc32)c1.OC1CCCO1.[H-].[K+].[Na+].[OH-]. The van der Waals surface area contributed by atoms with Crippen molar-refractivity contribution in [2.75, 3.05) is 52.3 Å². The number of aromatic amines is 1. The van der Waals surface area contributed by atoms with Gasteiger partial charge < -0.3 is 60.0 Å². The number of benzene rings is 6. The van der Waals surface area contributed by atoms with Crippen LogP contribution in [0.25, 0.3) is 32.7 Å². The number of aryl methyl sites for hydroxylation is 3. The number of methoxy groups -OCH3 is 4. The maximum Gasteiger partial charge on any atom is 1.00 e. The Bertz CT molecular complexity index is 4080. The number of carbonyl (C=O) groups excluding carboxylic acids is 6. The topological polar surface area (TPSA) is 299 Å². The normalized spacial score (nSPS) is 11.8. The Morgan fingerprint density at radius 1 is 0.579 bits per heavy atom. The predicted molar refractivity (Wildman–Crippen MR) is 367 cm³/mol. The van der Waals surface area contributed by atoms with Crippen LogP contribution in [0.4, 0.5) is 0 Å². The zero-order chi connectivity index (χ0) is 66.9. The summed E-state index contributed by atoms with van der Waals surface area (Å²) in [5.74, 6) is -1.75. The summed E-state index contributed by atoms with van der Waals surface area (Å²) < 4.78 is 27.6. The summed E-state index contributed by atoms with van der Waals surface area (Å²) in [5, 5.41) is 31.1. The van der Waals surface area contributed by atoms with E-state index >= 15 is 0 Å². The first-order chi connectivity index (χ1) is 44.3. The Hall–Kier alpha value is -5.85. The summed E-state index contributed by atoms with van der Waals surface area (Å²) in [6.07, 6.45) is 3.14. The molecule has 1 fully saturated rings.